The van der Waals surface area contributed by atoms with Crippen molar-refractivity contribution in [1.82, 2.24) is 25.8 Å². The van der Waals surface area contributed by atoms with E-state index in [2.05, 4.69) is 16.0 Å². The Morgan fingerprint density at radius 3 is 2.51 bits per heavy atom. The Kier molecular flexibility index (Phi) is 11.1. The molecule has 0 unspecified atom stereocenters. The van der Waals surface area contributed by atoms with Gasteiger partial charge in [0, 0.05) is 31.6 Å². The van der Waals surface area contributed by atoms with Crippen LogP contribution in [0.15, 0.2) is 18.2 Å². The predicted molar refractivity (Wildman–Crippen MR) is 148 cm³/mol. The normalized spacial score (nSPS) is 23.9. The van der Waals surface area contributed by atoms with E-state index in [0.717, 1.165) is 18.7 Å². The van der Waals surface area contributed by atoms with Gasteiger partial charge in [-0.2, -0.15) is 0 Å². The number of carbonyl (C=O) groups is 4. The lowest BCUT2D eigenvalue weighted by Gasteiger charge is -2.34. The molecule has 0 aliphatic carbocycles. The molecule has 2 fully saturated rings. The number of benzene rings is 1. The molecule has 3 aliphatic rings. The van der Waals surface area contributed by atoms with Gasteiger partial charge >= 0.3 is 0 Å². The van der Waals surface area contributed by atoms with E-state index in [-0.39, 0.29) is 60.6 Å². The predicted octanol–water partition coefficient (Wildman–Crippen LogP) is 1.88. The maximum absolute atomic E-state index is 14.7. The average molecular weight is 566 g/mol. The summed E-state index contributed by atoms with van der Waals surface area (Å²) in [5.41, 5.74) is 0.755. The third-order valence-electron chi connectivity index (χ3n) is 7.93. The van der Waals surface area contributed by atoms with Gasteiger partial charge in [-0.15, -0.1) is 12.4 Å². The Hall–Kier alpha value is -2.72. The molecule has 1 aromatic rings. The monoisotopic (exact) mass is 565 g/mol. The van der Waals surface area contributed by atoms with Gasteiger partial charge in [0.1, 0.15) is 11.9 Å². The molecule has 4 amide bonds. The molecule has 3 heterocycles. The summed E-state index contributed by atoms with van der Waals surface area (Å²) >= 11 is 0. The SMILES string of the molecule is CC(C)[C@@H]1CN(C(=O)C2CCNCC2)CC(=O)NCCCc2ccc(F)c(c2)C(=O)N2CCC[C@H]2C(=O)N1.Cl. The van der Waals surface area contributed by atoms with Gasteiger partial charge in [-0.3, -0.25) is 19.2 Å². The second-order valence-electron chi connectivity index (χ2n) is 11.0. The highest BCUT2D eigenvalue weighted by atomic mass is 35.5. The fourth-order valence-electron chi connectivity index (χ4n) is 5.58. The smallest absolute Gasteiger partial charge is 0.257 e. The van der Waals surface area contributed by atoms with Crippen LogP contribution in [0, 0.1) is 17.7 Å². The topological polar surface area (TPSA) is 111 Å². The average Bonchev–Trinajstić information content (AvgIpc) is 3.40. The van der Waals surface area contributed by atoms with Crippen molar-refractivity contribution in [3.8, 4) is 0 Å². The number of hydrogen-bond donors (Lipinski definition) is 3. The van der Waals surface area contributed by atoms with Crippen molar-refractivity contribution in [2.45, 2.75) is 64.5 Å². The van der Waals surface area contributed by atoms with Crippen LogP contribution in [0.25, 0.3) is 0 Å². The Labute approximate surface area is 236 Å². The third-order valence-corrected chi connectivity index (χ3v) is 7.93. The lowest BCUT2D eigenvalue weighted by atomic mass is 9.95. The molecule has 9 nitrogen and oxygen atoms in total. The van der Waals surface area contributed by atoms with Gasteiger partial charge in [-0.25, -0.2) is 4.39 Å². The second kappa shape index (κ2) is 14.1. The summed E-state index contributed by atoms with van der Waals surface area (Å²) in [6, 6.07) is 3.37. The first-order valence-electron chi connectivity index (χ1n) is 13.9. The number of aryl methyl sites for hydroxylation is 1. The first-order chi connectivity index (χ1) is 18.2. The maximum Gasteiger partial charge on any atom is 0.257 e. The minimum atomic E-state index is -0.709. The fraction of sp³-hybridized carbons (Fsp3) is 0.643. The van der Waals surface area contributed by atoms with Crippen LogP contribution >= 0.6 is 12.4 Å². The van der Waals surface area contributed by atoms with Crippen LogP contribution in [-0.2, 0) is 20.8 Å². The summed E-state index contributed by atoms with van der Waals surface area (Å²) in [5.74, 6) is -1.90. The van der Waals surface area contributed by atoms with Crippen molar-refractivity contribution in [2.75, 3.05) is 39.3 Å². The summed E-state index contributed by atoms with van der Waals surface area (Å²) in [6.07, 6.45) is 3.72. The van der Waals surface area contributed by atoms with Gasteiger partial charge in [-0.05, 0) is 75.2 Å². The molecule has 0 aromatic heterocycles. The van der Waals surface area contributed by atoms with Crippen molar-refractivity contribution in [2.24, 2.45) is 11.8 Å². The minimum Gasteiger partial charge on any atom is -0.355 e. The van der Waals surface area contributed by atoms with E-state index in [1.807, 2.05) is 13.8 Å². The number of fused-ring (bicyclic) bond motifs is 3. The van der Waals surface area contributed by atoms with Gasteiger partial charge < -0.3 is 25.8 Å². The number of nitrogens with zero attached hydrogens (tertiary/aromatic N) is 2. The molecule has 1 aromatic carbocycles. The molecule has 4 rings (SSSR count). The molecule has 216 valence electrons. The van der Waals surface area contributed by atoms with Gasteiger partial charge in [0.25, 0.3) is 5.91 Å². The lowest BCUT2D eigenvalue weighted by Crippen LogP contribution is -2.55. The van der Waals surface area contributed by atoms with Crippen LogP contribution in [0.5, 0.6) is 0 Å². The number of halogens is 2. The zero-order chi connectivity index (χ0) is 27.2. The Balaban J connectivity index is 0.00000420. The lowest BCUT2D eigenvalue weighted by molar-refractivity contribution is -0.141. The standard InChI is InChI=1S/C28H40FN5O4.ClH/c1-18(2)23-16-33(27(37)20-9-12-30-13-10-20)17-25(35)31-11-3-5-19-7-8-22(29)21(15-19)28(38)34-14-4-6-24(34)26(36)32-23;/h7-8,15,18,20,23-24,30H,3-6,9-14,16-17H2,1-2H3,(H,31,35)(H,32,36);1H/t23-,24-;/m0./s1. The van der Waals surface area contributed by atoms with E-state index >= 15 is 0 Å². The molecule has 0 saturated carbocycles. The van der Waals surface area contributed by atoms with Crippen LogP contribution in [-0.4, -0.2) is 84.8 Å². The van der Waals surface area contributed by atoms with Crippen LogP contribution in [0.1, 0.15) is 61.9 Å². The van der Waals surface area contributed by atoms with E-state index in [9.17, 15) is 23.6 Å². The van der Waals surface area contributed by atoms with E-state index < -0.39 is 23.8 Å². The number of hydrogen-bond acceptors (Lipinski definition) is 5. The highest BCUT2D eigenvalue weighted by molar-refractivity contribution is 5.98. The zero-order valence-corrected chi connectivity index (χ0v) is 23.7. The minimum absolute atomic E-state index is 0. The third kappa shape index (κ3) is 7.69. The largest absolute Gasteiger partial charge is 0.355 e. The summed E-state index contributed by atoms with van der Waals surface area (Å²) in [7, 11) is 0. The highest BCUT2D eigenvalue weighted by Gasteiger charge is 2.37. The quantitative estimate of drug-likeness (QED) is 0.507. The molecule has 3 N–H and O–H groups in total. The van der Waals surface area contributed by atoms with Gasteiger partial charge in [-0.1, -0.05) is 19.9 Å². The molecule has 0 radical (unpaired) electrons. The summed E-state index contributed by atoms with van der Waals surface area (Å²) < 4.78 is 14.7. The zero-order valence-electron chi connectivity index (χ0n) is 22.8. The molecule has 2 atom stereocenters. The molecular weight excluding hydrogens is 525 g/mol. The highest BCUT2D eigenvalue weighted by Crippen LogP contribution is 2.24. The van der Waals surface area contributed by atoms with E-state index in [1.54, 1.807) is 17.0 Å². The van der Waals surface area contributed by atoms with Gasteiger partial charge in [0.05, 0.1) is 12.1 Å². The molecule has 2 saturated heterocycles. The van der Waals surface area contributed by atoms with Gasteiger partial charge in [0.2, 0.25) is 17.7 Å². The number of rotatable bonds is 2. The summed E-state index contributed by atoms with van der Waals surface area (Å²) in [6.45, 7) is 6.34. The van der Waals surface area contributed by atoms with Gasteiger partial charge in [0.15, 0.2) is 0 Å². The van der Waals surface area contributed by atoms with E-state index in [4.69, 9.17) is 0 Å². The Morgan fingerprint density at radius 1 is 1.05 bits per heavy atom. The number of nitrogens with one attached hydrogen (secondary N) is 3. The van der Waals surface area contributed by atoms with Crippen molar-refractivity contribution in [3.05, 3.63) is 35.1 Å². The van der Waals surface area contributed by atoms with Crippen LogP contribution in [0.2, 0.25) is 0 Å². The van der Waals surface area contributed by atoms with Crippen LogP contribution < -0.4 is 16.0 Å². The van der Waals surface area contributed by atoms with E-state index in [1.165, 1.54) is 11.0 Å². The second-order valence-corrected chi connectivity index (χ2v) is 11.0. The van der Waals surface area contributed by atoms with Crippen molar-refractivity contribution in [3.63, 3.8) is 0 Å². The number of piperidine rings is 1. The maximum atomic E-state index is 14.7. The molecule has 0 spiro atoms. The first-order valence-corrected chi connectivity index (χ1v) is 13.9. The Bertz CT molecular complexity index is 1050. The van der Waals surface area contributed by atoms with Crippen LogP contribution in [0.4, 0.5) is 4.39 Å². The van der Waals surface area contributed by atoms with Crippen LogP contribution in [0.3, 0.4) is 0 Å². The first kappa shape index (κ1) is 30.8. The molecular formula is C28H41ClFN5O4. The van der Waals surface area contributed by atoms with E-state index in [0.29, 0.717) is 51.6 Å². The number of carbonyl (C=O) groups excluding carboxylic acids is 4. The Morgan fingerprint density at radius 2 is 1.79 bits per heavy atom. The molecule has 2 bridgehead atoms. The summed E-state index contributed by atoms with van der Waals surface area (Å²) in [5, 5.41) is 9.23. The molecule has 39 heavy (non-hydrogen) atoms. The molecule has 11 heteroatoms. The fourth-order valence-corrected chi connectivity index (χ4v) is 5.58. The summed E-state index contributed by atoms with van der Waals surface area (Å²) in [4.78, 5) is 56.3. The van der Waals surface area contributed by atoms with Crippen molar-refractivity contribution >= 4 is 36.0 Å². The van der Waals surface area contributed by atoms with Crippen molar-refractivity contribution in [1.29, 1.82) is 0 Å². The molecule has 3 aliphatic heterocycles. The van der Waals surface area contributed by atoms with Crippen molar-refractivity contribution < 1.29 is 23.6 Å². The number of amides is 4.